The van der Waals surface area contributed by atoms with E-state index in [1.807, 2.05) is 71.6 Å². The lowest BCUT2D eigenvalue weighted by Crippen LogP contribution is -2.31. The Hall–Kier alpha value is -2.56. The first-order valence-corrected chi connectivity index (χ1v) is 8.11. The van der Waals surface area contributed by atoms with Gasteiger partial charge in [-0.05, 0) is 29.8 Å². The molecule has 0 aliphatic rings. The highest BCUT2D eigenvalue weighted by Gasteiger charge is 2.08. The predicted octanol–water partition coefficient (Wildman–Crippen LogP) is 3.01. The van der Waals surface area contributed by atoms with Gasteiger partial charge in [-0.3, -0.25) is 0 Å². The van der Waals surface area contributed by atoms with Crippen molar-refractivity contribution in [3.05, 3.63) is 84.7 Å². The van der Waals surface area contributed by atoms with Gasteiger partial charge in [0, 0.05) is 25.5 Å². The van der Waals surface area contributed by atoms with Crippen LogP contribution in [0.25, 0.3) is 5.69 Å². The Morgan fingerprint density at radius 1 is 0.917 bits per heavy atom. The zero-order chi connectivity index (χ0) is 16.6. The molecule has 3 rings (SSSR count). The largest absolute Gasteiger partial charge is 0.489 e. The van der Waals surface area contributed by atoms with Crippen LogP contribution >= 0.6 is 0 Å². The van der Waals surface area contributed by atoms with Crippen LogP contribution in [0.4, 0.5) is 0 Å². The second-order valence-electron chi connectivity index (χ2n) is 5.64. The number of hydrogen-bond acceptors (Lipinski definition) is 3. The lowest BCUT2D eigenvalue weighted by molar-refractivity contribution is 0.106. The van der Waals surface area contributed by atoms with E-state index in [-0.39, 0.29) is 6.61 Å². The lowest BCUT2D eigenvalue weighted by atomic mass is 10.2. The van der Waals surface area contributed by atoms with Crippen molar-refractivity contribution < 1.29 is 9.84 Å². The minimum Gasteiger partial charge on any atom is -0.489 e. The molecule has 0 bridgehead atoms. The highest BCUT2D eigenvalue weighted by atomic mass is 16.5. The maximum absolute atomic E-state index is 10.1. The van der Waals surface area contributed by atoms with E-state index in [2.05, 4.69) is 17.4 Å². The normalized spacial score (nSPS) is 12.0. The Bertz CT molecular complexity index is 726. The van der Waals surface area contributed by atoms with Crippen molar-refractivity contribution in [3.63, 3.8) is 0 Å². The van der Waals surface area contributed by atoms with Crippen LogP contribution in [0.5, 0.6) is 5.75 Å². The molecule has 1 heterocycles. The Morgan fingerprint density at radius 2 is 1.62 bits per heavy atom. The van der Waals surface area contributed by atoms with E-state index in [4.69, 9.17) is 4.74 Å². The molecule has 0 saturated carbocycles. The summed E-state index contributed by atoms with van der Waals surface area (Å²) in [5, 5.41) is 13.4. The van der Waals surface area contributed by atoms with E-state index in [0.717, 1.165) is 18.0 Å². The summed E-state index contributed by atoms with van der Waals surface area (Å²) in [7, 11) is 0. The number of aliphatic hydroxyl groups excluding tert-OH is 1. The highest BCUT2D eigenvalue weighted by molar-refractivity contribution is 5.46. The van der Waals surface area contributed by atoms with Gasteiger partial charge in [0.05, 0.1) is 5.69 Å². The summed E-state index contributed by atoms with van der Waals surface area (Å²) in [4.78, 5) is 0. The van der Waals surface area contributed by atoms with Crippen LogP contribution < -0.4 is 10.1 Å². The molecule has 4 heteroatoms. The molecule has 0 amide bonds. The van der Waals surface area contributed by atoms with Gasteiger partial charge in [-0.15, -0.1) is 0 Å². The minimum absolute atomic E-state index is 0.250. The summed E-state index contributed by atoms with van der Waals surface area (Å²) in [6.45, 7) is 1.47. The van der Waals surface area contributed by atoms with Crippen LogP contribution in [0, 0.1) is 0 Å². The second-order valence-corrected chi connectivity index (χ2v) is 5.64. The summed E-state index contributed by atoms with van der Waals surface area (Å²) in [6.07, 6.45) is 3.38. The first-order valence-electron chi connectivity index (χ1n) is 8.11. The van der Waals surface area contributed by atoms with Gasteiger partial charge in [0.25, 0.3) is 0 Å². The molecule has 0 fully saturated rings. The average Bonchev–Trinajstić information content (AvgIpc) is 3.16. The first kappa shape index (κ1) is 16.3. The number of aliphatic hydroxyl groups is 1. The highest BCUT2D eigenvalue weighted by Crippen LogP contribution is 2.22. The molecule has 0 aliphatic heterocycles. The molecule has 2 N–H and O–H groups in total. The van der Waals surface area contributed by atoms with Gasteiger partial charge in [-0.2, -0.15) is 0 Å². The van der Waals surface area contributed by atoms with E-state index in [1.54, 1.807) is 0 Å². The van der Waals surface area contributed by atoms with E-state index >= 15 is 0 Å². The van der Waals surface area contributed by atoms with Crippen LogP contribution in [0.2, 0.25) is 0 Å². The fourth-order valence-corrected chi connectivity index (χ4v) is 2.51. The minimum atomic E-state index is -0.563. The third kappa shape index (κ3) is 4.47. The van der Waals surface area contributed by atoms with E-state index in [9.17, 15) is 5.11 Å². The molecule has 1 unspecified atom stereocenters. The van der Waals surface area contributed by atoms with Gasteiger partial charge in [-0.25, -0.2) is 0 Å². The van der Waals surface area contributed by atoms with Crippen molar-refractivity contribution in [2.45, 2.75) is 12.6 Å². The topological polar surface area (TPSA) is 46.4 Å². The SMILES string of the molecule is OC(CNCc1ccccc1)COc1ccccc1-n1cccc1. The number of nitrogens with zero attached hydrogens (tertiary/aromatic N) is 1. The predicted molar refractivity (Wildman–Crippen MR) is 95.4 cm³/mol. The van der Waals surface area contributed by atoms with Crippen molar-refractivity contribution in [2.75, 3.05) is 13.2 Å². The molecule has 0 saturated heterocycles. The van der Waals surface area contributed by atoms with Crippen LogP contribution in [0.3, 0.4) is 0 Å². The maximum Gasteiger partial charge on any atom is 0.143 e. The lowest BCUT2D eigenvalue weighted by Gasteiger charge is -2.16. The Kier molecular flexibility index (Phi) is 5.66. The summed E-state index contributed by atoms with van der Waals surface area (Å²) < 4.78 is 7.81. The van der Waals surface area contributed by atoms with Gasteiger partial charge in [-0.1, -0.05) is 42.5 Å². The number of rotatable bonds is 8. The Balaban J connectivity index is 1.49. The molecular formula is C20H22N2O2. The van der Waals surface area contributed by atoms with E-state index < -0.39 is 6.10 Å². The molecule has 24 heavy (non-hydrogen) atoms. The van der Waals surface area contributed by atoms with Gasteiger partial charge in [0.2, 0.25) is 0 Å². The van der Waals surface area contributed by atoms with Crippen molar-refractivity contribution >= 4 is 0 Å². The van der Waals surface area contributed by atoms with Crippen LogP contribution in [-0.4, -0.2) is 28.9 Å². The number of nitrogens with one attached hydrogen (secondary N) is 1. The Morgan fingerprint density at radius 3 is 2.42 bits per heavy atom. The summed E-state index contributed by atoms with van der Waals surface area (Å²) in [5.74, 6) is 0.760. The number of benzene rings is 2. The fourth-order valence-electron chi connectivity index (χ4n) is 2.51. The smallest absolute Gasteiger partial charge is 0.143 e. The quantitative estimate of drug-likeness (QED) is 0.670. The molecule has 2 aromatic carbocycles. The molecule has 124 valence electrons. The van der Waals surface area contributed by atoms with Gasteiger partial charge in [0.1, 0.15) is 18.5 Å². The van der Waals surface area contributed by atoms with Crippen LogP contribution in [0.1, 0.15) is 5.56 Å². The third-order valence-corrected chi connectivity index (χ3v) is 3.73. The van der Waals surface area contributed by atoms with Crippen LogP contribution in [-0.2, 0) is 6.54 Å². The average molecular weight is 322 g/mol. The molecular weight excluding hydrogens is 300 g/mol. The molecule has 0 radical (unpaired) electrons. The Labute approximate surface area is 142 Å². The van der Waals surface area contributed by atoms with Crippen molar-refractivity contribution in [3.8, 4) is 11.4 Å². The second kappa shape index (κ2) is 8.34. The summed E-state index contributed by atoms with van der Waals surface area (Å²) >= 11 is 0. The number of ether oxygens (including phenoxy) is 1. The zero-order valence-electron chi connectivity index (χ0n) is 13.5. The molecule has 4 nitrogen and oxygen atoms in total. The summed E-state index contributed by atoms with van der Waals surface area (Å²) in [6, 6.07) is 21.9. The van der Waals surface area contributed by atoms with Gasteiger partial charge in [0.15, 0.2) is 0 Å². The van der Waals surface area contributed by atoms with Crippen molar-refractivity contribution in [2.24, 2.45) is 0 Å². The number of para-hydroxylation sites is 2. The van der Waals surface area contributed by atoms with E-state index in [1.165, 1.54) is 5.56 Å². The number of hydrogen-bond donors (Lipinski definition) is 2. The van der Waals surface area contributed by atoms with Crippen molar-refractivity contribution in [1.82, 2.24) is 9.88 Å². The first-order chi connectivity index (χ1) is 11.8. The summed E-state index contributed by atoms with van der Waals surface area (Å²) in [5.41, 5.74) is 2.16. The van der Waals surface area contributed by atoms with E-state index in [0.29, 0.717) is 6.54 Å². The monoisotopic (exact) mass is 322 g/mol. The van der Waals surface area contributed by atoms with Crippen molar-refractivity contribution in [1.29, 1.82) is 0 Å². The maximum atomic E-state index is 10.1. The van der Waals surface area contributed by atoms with Gasteiger partial charge >= 0.3 is 0 Å². The molecule has 0 spiro atoms. The fraction of sp³-hybridized carbons (Fsp3) is 0.200. The molecule has 3 aromatic rings. The van der Waals surface area contributed by atoms with Crippen LogP contribution in [0.15, 0.2) is 79.1 Å². The molecule has 0 aliphatic carbocycles. The molecule has 1 aromatic heterocycles. The third-order valence-electron chi connectivity index (χ3n) is 3.73. The zero-order valence-corrected chi connectivity index (χ0v) is 13.5. The van der Waals surface area contributed by atoms with Gasteiger partial charge < -0.3 is 19.7 Å². The standard InChI is InChI=1S/C20H22N2O2/c23-18(15-21-14-17-8-2-1-3-9-17)16-24-20-11-5-4-10-19(20)22-12-6-7-13-22/h1-13,18,21,23H,14-16H2. The number of aromatic nitrogens is 1. The molecule has 1 atom stereocenters.